The Bertz CT molecular complexity index is 999. The lowest BCUT2D eigenvalue weighted by molar-refractivity contribution is -0.0249. The lowest BCUT2D eigenvalue weighted by atomic mass is 9.74. The summed E-state index contributed by atoms with van der Waals surface area (Å²) >= 11 is 0. The van der Waals surface area contributed by atoms with Gasteiger partial charge in [0.05, 0.1) is 26.0 Å². The molecule has 2 aromatic carbocycles. The third-order valence-corrected chi connectivity index (χ3v) is 6.98. The van der Waals surface area contributed by atoms with Gasteiger partial charge in [-0.2, -0.15) is 5.10 Å². The van der Waals surface area contributed by atoms with Gasteiger partial charge in [0.15, 0.2) is 0 Å². The van der Waals surface area contributed by atoms with Crippen molar-refractivity contribution in [2.45, 2.75) is 31.4 Å². The summed E-state index contributed by atoms with van der Waals surface area (Å²) in [7, 11) is 3.78. The molecule has 0 N–H and O–H groups in total. The highest BCUT2D eigenvalue weighted by Crippen LogP contribution is 2.42. The van der Waals surface area contributed by atoms with E-state index in [2.05, 4.69) is 59.1 Å². The fraction of sp³-hybridized carbons (Fsp3) is 0.423. The molecule has 3 aliphatic rings. The summed E-state index contributed by atoms with van der Waals surface area (Å²) in [4.78, 5) is 2.63. The second kappa shape index (κ2) is 8.85. The molecule has 5 nitrogen and oxygen atoms in total. The predicted molar refractivity (Wildman–Crippen MR) is 122 cm³/mol. The number of hydrogen-bond acceptors (Lipinski definition) is 4. The van der Waals surface area contributed by atoms with Crippen LogP contribution in [0, 0.1) is 5.92 Å². The van der Waals surface area contributed by atoms with Crippen molar-refractivity contribution in [2.75, 3.05) is 26.8 Å². The summed E-state index contributed by atoms with van der Waals surface area (Å²) in [5.74, 6) is 2.12. The average Bonchev–Trinajstić information content (AvgIpc) is 3.21. The van der Waals surface area contributed by atoms with Gasteiger partial charge in [-0.3, -0.25) is 9.58 Å². The lowest BCUT2D eigenvalue weighted by Gasteiger charge is -2.49. The molecule has 0 amide bonds. The molecule has 6 rings (SSSR count). The Balaban J connectivity index is 1.24. The fourth-order valence-electron chi connectivity index (χ4n) is 5.27. The number of aromatic nitrogens is 2. The summed E-state index contributed by atoms with van der Waals surface area (Å²) in [5, 5.41) is 4.83. The van der Waals surface area contributed by atoms with E-state index in [9.17, 15) is 0 Å². The second-order valence-electron chi connectivity index (χ2n) is 8.85. The van der Waals surface area contributed by atoms with E-state index in [-0.39, 0.29) is 0 Å². The van der Waals surface area contributed by atoms with Crippen LogP contribution in [0.25, 0.3) is 11.3 Å². The molecule has 3 saturated heterocycles. The molecule has 0 aliphatic carbocycles. The quantitative estimate of drug-likeness (QED) is 0.568. The molecule has 1 unspecified atom stereocenters. The Morgan fingerprint density at radius 3 is 2.58 bits per heavy atom. The zero-order chi connectivity index (χ0) is 21.2. The van der Waals surface area contributed by atoms with Crippen molar-refractivity contribution < 1.29 is 9.47 Å². The van der Waals surface area contributed by atoms with E-state index in [0.29, 0.717) is 24.5 Å². The summed E-state index contributed by atoms with van der Waals surface area (Å²) in [5.41, 5.74) is 4.77. The van der Waals surface area contributed by atoms with Gasteiger partial charge in [0.2, 0.25) is 0 Å². The van der Waals surface area contributed by atoms with Crippen molar-refractivity contribution in [3.05, 3.63) is 71.9 Å². The molecule has 1 aromatic heterocycles. The predicted octanol–water partition coefficient (Wildman–Crippen LogP) is 4.49. The fourth-order valence-corrected chi connectivity index (χ4v) is 5.27. The average molecular weight is 418 g/mol. The summed E-state index contributed by atoms with van der Waals surface area (Å²) in [6, 6.07) is 21.4. The van der Waals surface area contributed by atoms with Gasteiger partial charge < -0.3 is 9.47 Å². The Morgan fingerprint density at radius 1 is 1.06 bits per heavy atom. The number of fused-ring (bicyclic) bond motifs is 3. The maximum atomic E-state index is 6.09. The molecule has 2 bridgehead atoms. The number of methoxy groups -OCH3 is 1. The zero-order valence-electron chi connectivity index (χ0n) is 18.4. The highest BCUT2D eigenvalue weighted by molar-refractivity contribution is 5.60. The van der Waals surface area contributed by atoms with Crippen molar-refractivity contribution in [3.63, 3.8) is 0 Å². The third-order valence-electron chi connectivity index (χ3n) is 6.98. The highest BCUT2D eigenvalue weighted by Gasteiger charge is 2.41. The van der Waals surface area contributed by atoms with E-state index >= 15 is 0 Å². The summed E-state index contributed by atoms with van der Waals surface area (Å²) in [6.07, 6.45) is 2.48. The van der Waals surface area contributed by atoms with Gasteiger partial charge in [0.1, 0.15) is 5.75 Å². The van der Waals surface area contributed by atoms with Crippen LogP contribution in [-0.4, -0.2) is 47.5 Å². The number of ether oxygens (including phenoxy) is 2. The molecule has 0 saturated carbocycles. The molecule has 31 heavy (non-hydrogen) atoms. The van der Waals surface area contributed by atoms with Crippen LogP contribution in [0.4, 0.5) is 0 Å². The molecule has 162 valence electrons. The first-order chi connectivity index (χ1) is 15.2. The molecular weight excluding hydrogens is 386 g/mol. The van der Waals surface area contributed by atoms with Crippen molar-refractivity contribution in [3.8, 4) is 17.0 Å². The van der Waals surface area contributed by atoms with Crippen molar-refractivity contribution in [1.82, 2.24) is 14.7 Å². The minimum absolute atomic E-state index is 0.535. The number of piperidine rings is 3. The highest BCUT2D eigenvalue weighted by atomic mass is 16.5. The van der Waals surface area contributed by atoms with E-state index in [1.54, 1.807) is 7.11 Å². The van der Waals surface area contributed by atoms with Crippen LogP contribution in [-0.2, 0) is 18.4 Å². The first kappa shape index (κ1) is 20.3. The van der Waals surface area contributed by atoms with E-state index in [4.69, 9.17) is 14.6 Å². The minimum Gasteiger partial charge on any atom is -0.497 e. The van der Waals surface area contributed by atoms with E-state index < -0.39 is 0 Å². The first-order valence-electron chi connectivity index (χ1n) is 11.3. The van der Waals surface area contributed by atoms with Crippen LogP contribution in [0.15, 0.2) is 60.7 Å². The largest absolute Gasteiger partial charge is 0.497 e. The Morgan fingerprint density at radius 2 is 1.87 bits per heavy atom. The van der Waals surface area contributed by atoms with Crippen molar-refractivity contribution >= 4 is 0 Å². The van der Waals surface area contributed by atoms with Crippen LogP contribution in [0.1, 0.15) is 30.0 Å². The van der Waals surface area contributed by atoms with Gasteiger partial charge in [-0.05, 0) is 61.2 Å². The molecule has 3 aliphatic heterocycles. The summed E-state index contributed by atoms with van der Waals surface area (Å²) in [6.45, 7) is 3.81. The number of hydrogen-bond donors (Lipinski definition) is 0. The standard InChI is InChI=1S/C26H31N3O2/c1-28-26(15-25(27-28)20-8-10-23(30-2)11-9-20)24-16-29-13-12-21(24)14-22(29)18-31-17-19-6-4-3-5-7-19/h3-11,15,21-22,24H,12-14,16-18H2,1-2H3/t21-,22+,24+/m0/s1. The van der Waals surface area contributed by atoms with Gasteiger partial charge in [-0.1, -0.05) is 30.3 Å². The lowest BCUT2D eigenvalue weighted by Crippen LogP contribution is -2.54. The van der Waals surface area contributed by atoms with Crippen LogP contribution in [0.3, 0.4) is 0 Å². The Hall–Kier alpha value is -2.63. The van der Waals surface area contributed by atoms with Crippen LogP contribution < -0.4 is 4.74 Å². The zero-order valence-corrected chi connectivity index (χ0v) is 18.4. The van der Waals surface area contributed by atoms with Crippen LogP contribution in [0.2, 0.25) is 0 Å². The van der Waals surface area contributed by atoms with E-state index in [1.807, 2.05) is 18.2 Å². The van der Waals surface area contributed by atoms with Gasteiger partial charge in [-0.25, -0.2) is 0 Å². The second-order valence-corrected chi connectivity index (χ2v) is 8.85. The van der Waals surface area contributed by atoms with Crippen molar-refractivity contribution in [2.24, 2.45) is 13.0 Å². The molecule has 0 spiro atoms. The Labute approximate surface area is 184 Å². The molecule has 4 heterocycles. The molecule has 3 fully saturated rings. The molecule has 4 atom stereocenters. The Kier molecular flexibility index (Phi) is 5.79. The third kappa shape index (κ3) is 4.25. The minimum atomic E-state index is 0.535. The topological polar surface area (TPSA) is 39.5 Å². The molecule has 0 radical (unpaired) electrons. The SMILES string of the molecule is COc1ccc(-c2cc([C@@H]3CN4CC[C@H]3C[C@@H]4COCc3ccccc3)n(C)n2)cc1. The monoisotopic (exact) mass is 417 g/mol. The maximum Gasteiger partial charge on any atom is 0.118 e. The van der Waals surface area contributed by atoms with Crippen molar-refractivity contribution in [1.29, 1.82) is 0 Å². The van der Waals surface area contributed by atoms with Crippen LogP contribution >= 0.6 is 0 Å². The van der Waals surface area contributed by atoms with Gasteiger partial charge in [0, 0.05) is 36.8 Å². The molecular formula is C26H31N3O2. The number of rotatable bonds is 7. The smallest absolute Gasteiger partial charge is 0.118 e. The van der Waals surface area contributed by atoms with E-state index in [0.717, 1.165) is 30.2 Å². The van der Waals surface area contributed by atoms with Gasteiger partial charge in [0.25, 0.3) is 0 Å². The first-order valence-corrected chi connectivity index (χ1v) is 11.3. The van der Waals surface area contributed by atoms with Crippen LogP contribution in [0.5, 0.6) is 5.75 Å². The normalized spacial score (nSPS) is 25.0. The number of nitrogens with zero attached hydrogens (tertiary/aromatic N) is 3. The number of aryl methyl sites for hydroxylation is 1. The maximum absolute atomic E-state index is 6.09. The molecule has 5 heteroatoms. The van der Waals surface area contributed by atoms with Gasteiger partial charge in [-0.15, -0.1) is 0 Å². The van der Waals surface area contributed by atoms with E-state index in [1.165, 1.54) is 30.6 Å². The summed E-state index contributed by atoms with van der Waals surface area (Å²) < 4.78 is 13.5. The van der Waals surface area contributed by atoms with Gasteiger partial charge >= 0.3 is 0 Å². The number of benzene rings is 2. The molecule has 3 aromatic rings.